The number of aryl methyl sites for hydroxylation is 1. The Morgan fingerprint density at radius 2 is 1.72 bits per heavy atom. The molecule has 0 spiro atoms. The Morgan fingerprint density at radius 3 is 2.49 bits per heavy atom. The molecule has 0 saturated heterocycles. The van der Waals surface area contributed by atoms with Gasteiger partial charge in [0.25, 0.3) is 0 Å². The van der Waals surface area contributed by atoms with Crippen LogP contribution in [0.4, 0.5) is 10.5 Å². The first-order valence-corrected chi connectivity index (χ1v) is 14.5. The molecular formula is C34H40N4O5. The zero-order chi connectivity index (χ0) is 30.3. The molecule has 1 atom stereocenters. The number of nitrogens with zero attached hydrogens (tertiary/aromatic N) is 2. The molecule has 0 radical (unpaired) electrons. The largest absolute Gasteiger partial charge is 0.497 e. The molecule has 1 aliphatic heterocycles. The summed E-state index contributed by atoms with van der Waals surface area (Å²) >= 11 is 0. The van der Waals surface area contributed by atoms with E-state index in [1.165, 1.54) is 11.1 Å². The van der Waals surface area contributed by atoms with E-state index in [2.05, 4.69) is 32.7 Å². The van der Waals surface area contributed by atoms with E-state index in [0.717, 1.165) is 71.7 Å². The smallest absolute Gasteiger partial charge is 0.319 e. The van der Waals surface area contributed by atoms with Crippen LogP contribution in [0, 0.1) is 6.92 Å². The van der Waals surface area contributed by atoms with Gasteiger partial charge in [0.2, 0.25) is 0 Å². The molecule has 4 aromatic rings. The van der Waals surface area contributed by atoms with Gasteiger partial charge in [0.1, 0.15) is 11.5 Å². The Balaban J connectivity index is 1.30. The lowest BCUT2D eigenvalue weighted by Gasteiger charge is -2.38. The normalized spacial score (nSPS) is 14.6. The fraction of sp³-hybridized carbons (Fsp3) is 0.353. The highest BCUT2D eigenvalue weighted by atomic mass is 16.5. The summed E-state index contributed by atoms with van der Waals surface area (Å²) in [7, 11) is 6.68. The van der Waals surface area contributed by atoms with Gasteiger partial charge in [0, 0.05) is 48.4 Å². The number of pyridine rings is 1. The number of hydrogen-bond donors (Lipinski definition) is 2. The van der Waals surface area contributed by atoms with E-state index in [9.17, 15) is 4.79 Å². The van der Waals surface area contributed by atoms with Gasteiger partial charge in [-0.15, -0.1) is 0 Å². The summed E-state index contributed by atoms with van der Waals surface area (Å²) in [6, 6.07) is 19.7. The van der Waals surface area contributed by atoms with Gasteiger partial charge >= 0.3 is 6.03 Å². The molecule has 5 rings (SSSR count). The molecule has 9 heteroatoms. The number of nitrogens with one attached hydrogen (secondary N) is 2. The summed E-state index contributed by atoms with van der Waals surface area (Å²) in [6.07, 6.45) is 2.44. The van der Waals surface area contributed by atoms with Crippen LogP contribution >= 0.6 is 0 Å². The van der Waals surface area contributed by atoms with Crippen molar-refractivity contribution in [2.45, 2.75) is 32.2 Å². The number of benzene rings is 3. The average molecular weight is 585 g/mol. The third kappa shape index (κ3) is 6.78. The first-order valence-electron chi connectivity index (χ1n) is 14.5. The molecule has 226 valence electrons. The Kier molecular flexibility index (Phi) is 9.51. The second-order valence-electron chi connectivity index (χ2n) is 10.7. The molecule has 2 amide bonds. The second-order valence-corrected chi connectivity index (χ2v) is 10.7. The summed E-state index contributed by atoms with van der Waals surface area (Å²) < 4.78 is 22.5. The third-order valence-electron chi connectivity index (χ3n) is 7.98. The Labute approximate surface area is 253 Å². The molecular weight excluding hydrogens is 544 g/mol. The number of para-hydroxylation sites is 1. The number of urea groups is 1. The number of carbonyl (C=O) groups excluding carboxylic acids is 1. The maximum atomic E-state index is 12.8. The monoisotopic (exact) mass is 584 g/mol. The van der Waals surface area contributed by atoms with Gasteiger partial charge in [-0.2, -0.15) is 0 Å². The summed E-state index contributed by atoms with van der Waals surface area (Å²) in [4.78, 5) is 19.9. The molecule has 2 N–H and O–H groups in total. The van der Waals surface area contributed by atoms with Crippen LogP contribution in [0.15, 0.2) is 60.7 Å². The van der Waals surface area contributed by atoms with Gasteiger partial charge in [0.05, 0.1) is 39.6 Å². The molecule has 9 nitrogen and oxygen atoms in total. The lowest BCUT2D eigenvalue weighted by Crippen LogP contribution is -2.39. The molecule has 0 fully saturated rings. The van der Waals surface area contributed by atoms with E-state index < -0.39 is 0 Å². The minimum Gasteiger partial charge on any atom is -0.497 e. The van der Waals surface area contributed by atoms with Gasteiger partial charge in [0.15, 0.2) is 11.5 Å². The fourth-order valence-electron chi connectivity index (χ4n) is 5.92. The van der Waals surface area contributed by atoms with Crippen molar-refractivity contribution in [3.63, 3.8) is 0 Å². The zero-order valence-corrected chi connectivity index (χ0v) is 25.5. The van der Waals surface area contributed by atoms with Gasteiger partial charge in [-0.3, -0.25) is 9.88 Å². The van der Waals surface area contributed by atoms with Crippen LogP contribution in [0.5, 0.6) is 23.0 Å². The average Bonchev–Trinajstić information content (AvgIpc) is 3.02. The van der Waals surface area contributed by atoms with E-state index in [-0.39, 0.29) is 12.1 Å². The minimum atomic E-state index is -0.226. The van der Waals surface area contributed by atoms with Crippen molar-refractivity contribution in [2.24, 2.45) is 0 Å². The van der Waals surface area contributed by atoms with Crippen LogP contribution in [0.1, 0.15) is 34.8 Å². The number of ether oxygens (including phenoxy) is 4. The molecule has 0 bridgehead atoms. The topological polar surface area (TPSA) is 94.2 Å². The Morgan fingerprint density at radius 1 is 0.930 bits per heavy atom. The molecule has 1 aliphatic rings. The third-order valence-corrected chi connectivity index (χ3v) is 7.98. The van der Waals surface area contributed by atoms with E-state index >= 15 is 0 Å². The summed E-state index contributed by atoms with van der Waals surface area (Å²) in [5.41, 5.74) is 6.01. The Hall–Kier alpha value is -4.50. The van der Waals surface area contributed by atoms with Crippen molar-refractivity contribution in [2.75, 3.05) is 53.4 Å². The van der Waals surface area contributed by atoms with Crippen LogP contribution < -0.4 is 29.6 Å². The van der Waals surface area contributed by atoms with Crippen molar-refractivity contribution < 1.29 is 23.7 Å². The molecule has 0 saturated carbocycles. The number of methoxy groups -OCH3 is 4. The summed E-state index contributed by atoms with van der Waals surface area (Å²) in [5.74, 6) is 3.02. The number of carbonyl (C=O) groups is 1. The van der Waals surface area contributed by atoms with Crippen LogP contribution in [-0.2, 0) is 12.8 Å². The van der Waals surface area contributed by atoms with E-state index in [1.807, 2.05) is 55.5 Å². The number of hydrogen-bond acceptors (Lipinski definition) is 7. The zero-order valence-electron chi connectivity index (χ0n) is 25.5. The summed E-state index contributed by atoms with van der Waals surface area (Å²) in [6.45, 7) is 4.16. The maximum Gasteiger partial charge on any atom is 0.319 e. The van der Waals surface area contributed by atoms with Gasteiger partial charge in [-0.05, 0) is 67.6 Å². The lowest BCUT2D eigenvalue weighted by atomic mass is 9.87. The lowest BCUT2D eigenvalue weighted by molar-refractivity contribution is 0.176. The number of fused-ring (bicyclic) bond motifs is 2. The van der Waals surface area contributed by atoms with Gasteiger partial charge in [-0.25, -0.2) is 4.79 Å². The standard InChI is InChI=1S/C34H40N4O5/c1-22-17-28(26-9-6-7-10-27(26)36-22)37-34(39)35-14-8-15-38-16-13-24-20-25(40-2)21-32(43-5)33(24)29(38)18-23-11-12-30(41-3)31(19-23)42-4/h6-7,9-12,17,19-21,29H,8,13-16,18H2,1-5H3,(H2,35,36,37,39). The van der Waals surface area contributed by atoms with Gasteiger partial charge < -0.3 is 29.6 Å². The van der Waals surface area contributed by atoms with Gasteiger partial charge in [-0.1, -0.05) is 24.3 Å². The minimum absolute atomic E-state index is 0.0719. The number of rotatable bonds is 11. The highest BCUT2D eigenvalue weighted by Gasteiger charge is 2.31. The first kappa shape index (κ1) is 30.0. The first-order chi connectivity index (χ1) is 20.9. The van der Waals surface area contributed by atoms with Crippen LogP contribution in [0.2, 0.25) is 0 Å². The van der Waals surface area contributed by atoms with E-state index in [4.69, 9.17) is 18.9 Å². The molecule has 3 aromatic carbocycles. The maximum absolute atomic E-state index is 12.8. The molecule has 1 aromatic heterocycles. The highest BCUT2D eigenvalue weighted by molar-refractivity contribution is 6.00. The van der Waals surface area contributed by atoms with Crippen molar-refractivity contribution in [1.82, 2.24) is 15.2 Å². The Bertz CT molecular complexity index is 1570. The molecule has 1 unspecified atom stereocenters. The van der Waals surface area contributed by atoms with Crippen molar-refractivity contribution >= 4 is 22.6 Å². The van der Waals surface area contributed by atoms with Crippen LogP contribution in [0.25, 0.3) is 10.9 Å². The SMILES string of the molecule is COc1cc2c(c(OC)c1)C(Cc1ccc(OC)c(OC)c1)N(CCCNC(=O)Nc1cc(C)nc3ccccc13)CC2. The molecule has 2 heterocycles. The molecule has 43 heavy (non-hydrogen) atoms. The molecule has 0 aliphatic carbocycles. The van der Waals surface area contributed by atoms with Crippen molar-refractivity contribution in [1.29, 1.82) is 0 Å². The number of amides is 2. The highest BCUT2D eigenvalue weighted by Crippen LogP contribution is 2.42. The predicted molar refractivity (Wildman–Crippen MR) is 169 cm³/mol. The summed E-state index contributed by atoms with van der Waals surface area (Å²) in [5, 5.41) is 6.96. The number of anilines is 1. The predicted octanol–water partition coefficient (Wildman–Crippen LogP) is 5.93. The van der Waals surface area contributed by atoms with E-state index in [1.54, 1.807) is 28.4 Å². The fourth-order valence-corrected chi connectivity index (χ4v) is 5.92. The van der Waals surface area contributed by atoms with Crippen molar-refractivity contribution in [3.05, 3.63) is 83.0 Å². The van der Waals surface area contributed by atoms with Crippen molar-refractivity contribution in [3.8, 4) is 23.0 Å². The van der Waals surface area contributed by atoms with Crippen LogP contribution in [-0.4, -0.2) is 64.0 Å². The second kappa shape index (κ2) is 13.6. The quantitative estimate of drug-likeness (QED) is 0.211. The van der Waals surface area contributed by atoms with E-state index in [0.29, 0.717) is 18.0 Å². The van der Waals surface area contributed by atoms with Crippen LogP contribution in [0.3, 0.4) is 0 Å². The number of aromatic nitrogens is 1.